The standard InChI is InChI=1S/C18H30N2S/c1-5-19-18(17-9-7-6-8-14(17)2)10-11-20-12-13-21-16(4)15(20)3/h6-9,15-16,18-19H,5,10-13H2,1-4H3. The van der Waals surface area contributed by atoms with Gasteiger partial charge in [-0.05, 0) is 37.9 Å². The lowest BCUT2D eigenvalue weighted by atomic mass is 9.98. The van der Waals surface area contributed by atoms with E-state index in [1.54, 1.807) is 0 Å². The van der Waals surface area contributed by atoms with Gasteiger partial charge < -0.3 is 5.32 Å². The average molecular weight is 307 g/mol. The van der Waals surface area contributed by atoms with E-state index in [1.807, 2.05) is 0 Å². The minimum absolute atomic E-state index is 0.480. The number of rotatable bonds is 6. The van der Waals surface area contributed by atoms with Crippen LogP contribution in [0.4, 0.5) is 0 Å². The second kappa shape index (κ2) is 8.21. The Kier molecular flexibility index (Phi) is 6.59. The molecule has 21 heavy (non-hydrogen) atoms. The van der Waals surface area contributed by atoms with E-state index in [0.717, 1.165) is 11.8 Å². The first-order valence-electron chi connectivity index (χ1n) is 8.28. The minimum atomic E-state index is 0.480. The molecule has 3 heteroatoms. The van der Waals surface area contributed by atoms with Crippen LogP contribution in [0.2, 0.25) is 0 Å². The van der Waals surface area contributed by atoms with Gasteiger partial charge in [0.15, 0.2) is 0 Å². The molecule has 1 aliphatic rings. The molecule has 1 aromatic rings. The Bertz CT molecular complexity index is 435. The van der Waals surface area contributed by atoms with Crippen molar-refractivity contribution < 1.29 is 0 Å². The molecule has 1 aromatic carbocycles. The first-order chi connectivity index (χ1) is 10.1. The summed E-state index contributed by atoms with van der Waals surface area (Å²) in [6.07, 6.45) is 1.19. The zero-order valence-electron chi connectivity index (χ0n) is 13.9. The van der Waals surface area contributed by atoms with Crippen molar-refractivity contribution in [3.8, 4) is 0 Å². The van der Waals surface area contributed by atoms with Gasteiger partial charge in [-0.1, -0.05) is 38.1 Å². The third-order valence-corrected chi connectivity index (χ3v) is 6.07. The summed E-state index contributed by atoms with van der Waals surface area (Å²) in [7, 11) is 0. The van der Waals surface area contributed by atoms with E-state index in [4.69, 9.17) is 0 Å². The van der Waals surface area contributed by atoms with Crippen LogP contribution in [-0.4, -0.2) is 41.6 Å². The fourth-order valence-electron chi connectivity index (χ4n) is 3.20. The molecular weight excluding hydrogens is 276 g/mol. The highest BCUT2D eigenvalue weighted by Gasteiger charge is 2.25. The van der Waals surface area contributed by atoms with Crippen molar-refractivity contribution in [2.24, 2.45) is 0 Å². The van der Waals surface area contributed by atoms with Gasteiger partial charge in [-0.2, -0.15) is 11.8 Å². The number of nitrogens with zero attached hydrogens (tertiary/aromatic N) is 1. The summed E-state index contributed by atoms with van der Waals surface area (Å²) < 4.78 is 0. The molecule has 1 N–H and O–H groups in total. The van der Waals surface area contributed by atoms with Crippen LogP contribution < -0.4 is 5.32 Å². The predicted molar refractivity (Wildman–Crippen MR) is 95.2 cm³/mol. The normalized spacial score (nSPS) is 25.0. The number of nitrogens with one attached hydrogen (secondary N) is 1. The monoisotopic (exact) mass is 306 g/mol. The maximum atomic E-state index is 3.67. The van der Waals surface area contributed by atoms with Crippen molar-refractivity contribution in [2.45, 2.75) is 51.4 Å². The van der Waals surface area contributed by atoms with Crippen molar-refractivity contribution in [2.75, 3.05) is 25.4 Å². The van der Waals surface area contributed by atoms with Gasteiger partial charge in [-0.15, -0.1) is 0 Å². The number of aryl methyl sites for hydroxylation is 1. The van der Waals surface area contributed by atoms with E-state index in [9.17, 15) is 0 Å². The molecule has 0 radical (unpaired) electrons. The Morgan fingerprint density at radius 1 is 1.33 bits per heavy atom. The molecule has 0 aromatic heterocycles. The third kappa shape index (κ3) is 4.48. The van der Waals surface area contributed by atoms with Crippen LogP contribution in [0.1, 0.15) is 44.4 Å². The van der Waals surface area contributed by atoms with Gasteiger partial charge in [0.2, 0.25) is 0 Å². The second-order valence-electron chi connectivity index (χ2n) is 6.11. The van der Waals surface area contributed by atoms with E-state index in [1.165, 1.54) is 36.4 Å². The second-order valence-corrected chi connectivity index (χ2v) is 7.59. The van der Waals surface area contributed by atoms with Gasteiger partial charge in [0.25, 0.3) is 0 Å². The van der Waals surface area contributed by atoms with Crippen LogP contribution in [0.25, 0.3) is 0 Å². The Balaban J connectivity index is 1.99. The lowest BCUT2D eigenvalue weighted by Crippen LogP contribution is -2.45. The number of benzene rings is 1. The number of hydrogen-bond donors (Lipinski definition) is 1. The van der Waals surface area contributed by atoms with Crippen molar-refractivity contribution >= 4 is 11.8 Å². The summed E-state index contributed by atoms with van der Waals surface area (Å²) in [5.41, 5.74) is 2.87. The first kappa shape index (κ1) is 16.9. The molecule has 1 saturated heterocycles. The highest BCUT2D eigenvalue weighted by molar-refractivity contribution is 8.00. The van der Waals surface area contributed by atoms with E-state index in [2.05, 4.69) is 73.9 Å². The summed E-state index contributed by atoms with van der Waals surface area (Å²) >= 11 is 2.12. The summed E-state index contributed by atoms with van der Waals surface area (Å²) in [6, 6.07) is 9.97. The van der Waals surface area contributed by atoms with Crippen LogP contribution in [0.15, 0.2) is 24.3 Å². The maximum absolute atomic E-state index is 3.67. The molecule has 118 valence electrons. The highest BCUT2D eigenvalue weighted by atomic mass is 32.2. The van der Waals surface area contributed by atoms with Crippen molar-refractivity contribution in [3.05, 3.63) is 35.4 Å². The van der Waals surface area contributed by atoms with Gasteiger partial charge in [0, 0.05) is 36.2 Å². The lowest BCUT2D eigenvalue weighted by molar-refractivity contribution is 0.202. The molecule has 1 heterocycles. The van der Waals surface area contributed by atoms with Crippen LogP contribution in [0.3, 0.4) is 0 Å². The summed E-state index contributed by atoms with van der Waals surface area (Å²) in [5, 5.41) is 4.43. The zero-order valence-corrected chi connectivity index (χ0v) is 14.7. The molecular formula is C18H30N2S. The SMILES string of the molecule is CCNC(CCN1CCSC(C)C1C)c1ccccc1C. The van der Waals surface area contributed by atoms with E-state index < -0.39 is 0 Å². The fraction of sp³-hybridized carbons (Fsp3) is 0.667. The molecule has 1 aliphatic heterocycles. The Labute approximate surface area is 134 Å². The Morgan fingerprint density at radius 3 is 2.81 bits per heavy atom. The molecule has 2 nitrogen and oxygen atoms in total. The lowest BCUT2D eigenvalue weighted by Gasteiger charge is -2.38. The summed E-state index contributed by atoms with van der Waals surface area (Å²) in [4.78, 5) is 2.67. The van der Waals surface area contributed by atoms with Crippen LogP contribution in [-0.2, 0) is 0 Å². The molecule has 0 spiro atoms. The largest absolute Gasteiger partial charge is 0.310 e. The smallest absolute Gasteiger partial charge is 0.0334 e. The Hall–Kier alpha value is -0.510. The number of hydrogen-bond acceptors (Lipinski definition) is 3. The predicted octanol–water partition coefficient (Wildman–Crippen LogP) is 3.86. The van der Waals surface area contributed by atoms with Gasteiger partial charge in [-0.3, -0.25) is 4.90 Å². The molecule has 3 unspecified atom stereocenters. The molecule has 0 aliphatic carbocycles. The molecule has 3 atom stereocenters. The Morgan fingerprint density at radius 2 is 2.10 bits per heavy atom. The van der Waals surface area contributed by atoms with Crippen LogP contribution in [0, 0.1) is 6.92 Å². The third-order valence-electron chi connectivity index (χ3n) is 4.73. The van der Waals surface area contributed by atoms with Gasteiger partial charge in [-0.25, -0.2) is 0 Å². The number of thioether (sulfide) groups is 1. The van der Waals surface area contributed by atoms with Crippen LogP contribution >= 0.6 is 11.8 Å². The first-order valence-corrected chi connectivity index (χ1v) is 9.33. The molecule has 2 rings (SSSR count). The highest BCUT2D eigenvalue weighted by Crippen LogP contribution is 2.26. The summed E-state index contributed by atoms with van der Waals surface area (Å²) in [6.45, 7) is 12.6. The van der Waals surface area contributed by atoms with E-state index in [-0.39, 0.29) is 0 Å². The van der Waals surface area contributed by atoms with Gasteiger partial charge in [0.05, 0.1) is 0 Å². The maximum Gasteiger partial charge on any atom is 0.0334 e. The van der Waals surface area contributed by atoms with Crippen molar-refractivity contribution in [1.29, 1.82) is 0 Å². The molecule has 0 bridgehead atoms. The van der Waals surface area contributed by atoms with Gasteiger partial charge >= 0.3 is 0 Å². The average Bonchev–Trinajstić information content (AvgIpc) is 2.48. The van der Waals surface area contributed by atoms with E-state index in [0.29, 0.717) is 12.1 Å². The fourth-order valence-corrected chi connectivity index (χ4v) is 4.36. The molecule has 0 amide bonds. The topological polar surface area (TPSA) is 15.3 Å². The van der Waals surface area contributed by atoms with E-state index >= 15 is 0 Å². The van der Waals surface area contributed by atoms with Crippen molar-refractivity contribution in [3.63, 3.8) is 0 Å². The molecule has 0 saturated carbocycles. The van der Waals surface area contributed by atoms with Crippen molar-refractivity contribution in [1.82, 2.24) is 10.2 Å². The quantitative estimate of drug-likeness (QED) is 0.859. The molecule has 1 fully saturated rings. The van der Waals surface area contributed by atoms with Crippen LogP contribution in [0.5, 0.6) is 0 Å². The summed E-state index contributed by atoms with van der Waals surface area (Å²) in [5.74, 6) is 1.28. The zero-order chi connectivity index (χ0) is 15.2. The van der Waals surface area contributed by atoms with Gasteiger partial charge in [0.1, 0.15) is 0 Å². The minimum Gasteiger partial charge on any atom is -0.310 e.